The molecule has 3 heteroatoms. The van der Waals surface area contributed by atoms with E-state index >= 15 is 0 Å². The molecule has 0 radical (unpaired) electrons. The standard InChI is InChI=1S/C17H34N2O/c1-4-18-16(15-9-7-5-6-8-10-15)17(2,3)19-11-13-20-14-12-19/h15-16,18H,4-14H2,1-3H3. The Morgan fingerprint density at radius 3 is 2.25 bits per heavy atom. The topological polar surface area (TPSA) is 24.5 Å². The number of likely N-dealkylation sites (N-methyl/N-ethyl adjacent to an activating group) is 1. The molecule has 0 bridgehead atoms. The van der Waals surface area contributed by atoms with Crippen LogP contribution in [0.4, 0.5) is 0 Å². The summed E-state index contributed by atoms with van der Waals surface area (Å²) < 4.78 is 5.54. The van der Waals surface area contributed by atoms with Gasteiger partial charge in [-0.15, -0.1) is 0 Å². The zero-order valence-corrected chi connectivity index (χ0v) is 13.8. The Balaban J connectivity index is 2.07. The predicted molar refractivity (Wildman–Crippen MR) is 85.1 cm³/mol. The summed E-state index contributed by atoms with van der Waals surface area (Å²) in [7, 11) is 0. The van der Waals surface area contributed by atoms with Gasteiger partial charge in [-0.2, -0.15) is 0 Å². The molecule has 1 saturated carbocycles. The van der Waals surface area contributed by atoms with Crippen LogP contribution in [-0.2, 0) is 4.74 Å². The lowest BCUT2D eigenvalue weighted by atomic mass is 9.79. The van der Waals surface area contributed by atoms with Crippen molar-refractivity contribution in [1.29, 1.82) is 0 Å². The van der Waals surface area contributed by atoms with Gasteiger partial charge >= 0.3 is 0 Å². The van der Waals surface area contributed by atoms with Crippen molar-refractivity contribution in [1.82, 2.24) is 10.2 Å². The van der Waals surface area contributed by atoms with E-state index < -0.39 is 0 Å². The third-order valence-electron chi connectivity index (χ3n) is 5.38. The van der Waals surface area contributed by atoms with Crippen LogP contribution >= 0.6 is 0 Å². The van der Waals surface area contributed by atoms with E-state index in [0.717, 1.165) is 38.8 Å². The molecule has 2 rings (SSSR count). The van der Waals surface area contributed by atoms with Crippen LogP contribution in [0.3, 0.4) is 0 Å². The first-order chi connectivity index (χ1) is 9.66. The van der Waals surface area contributed by atoms with Gasteiger partial charge in [0.1, 0.15) is 0 Å². The lowest BCUT2D eigenvalue weighted by Crippen LogP contribution is -2.62. The van der Waals surface area contributed by atoms with Gasteiger partial charge in [0.05, 0.1) is 13.2 Å². The fourth-order valence-electron chi connectivity index (χ4n) is 4.19. The first-order valence-electron chi connectivity index (χ1n) is 8.72. The molecule has 1 aliphatic carbocycles. The van der Waals surface area contributed by atoms with Crippen molar-refractivity contribution in [2.24, 2.45) is 5.92 Å². The molecular weight excluding hydrogens is 248 g/mol. The van der Waals surface area contributed by atoms with Gasteiger partial charge in [0, 0.05) is 24.7 Å². The molecule has 0 amide bonds. The lowest BCUT2D eigenvalue weighted by molar-refractivity contribution is -0.0325. The van der Waals surface area contributed by atoms with Gasteiger partial charge in [0.2, 0.25) is 0 Å². The Labute approximate surface area is 125 Å². The summed E-state index contributed by atoms with van der Waals surface area (Å²) in [4.78, 5) is 2.65. The van der Waals surface area contributed by atoms with Crippen LogP contribution in [0, 0.1) is 5.92 Å². The number of rotatable bonds is 5. The van der Waals surface area contributed by atoms with Crippen molar-refractivity contribution in [3.05, 3.63) is 0 Å². The highest BCUT2D eigenvalue weighted by Gasteiger charge is 2.39. The molecular formula is C17H34N2O. The molecule has 2 fully saturated rings. The number of ether oxygens (including phenoxy) is 1. The van der Waals surface area contributed by atoms with Crippen LogP contribution in [-0.4, -0.2) is 49.3 Å². The minimum atomic E-state index is 0.231. The van der Waals surface area contributed by atoms with E-state index in [1.165, 1.54) is 38.5 Å². The maximum absolute atomic E-state index is 5.54. The van der Waals surface area contributed by atoms with E-state index in [1.807, 2.05) is 0 Å². The largest absolute Gasteiger partial charge is 0.379 e. The Morgan fingerprint density at radius 2 is 1.70 bits per heavy atom. The van der Waals surface area contributed by atoms with E-state index in [9.17, 15) is 0 Å². The van der Waals surface area contributed by atoms with Crippen molar-refractivity contribution >= 4 is 0 Å². The van der Waals surface area contributed by atoms with Crippen LogP contribution in [0.5, 0.6) is 0 Å². The lowest BCUT2D eigenvalue weighted by Gasteiger charge is -2.48. The van der Waals surface area contributed by atoms with E-state index in [1.54, 1.807) is 0 Å². The summed E-state index contributed by atoms with van der Waals surface area (Å²) >= 11 is 0. The third kappa shape index (κ3) is 3.96. The normalized spacial score (nSPS) is 25.4. The molecule has 118 valence electrons. The van der Waals surface area contributed by atoms with E-state index in [4.69, 9.17) is 4.74 Å². The zero-order chi connectivity index (χ0) is 14.4. The van der Waals surface area contributed by atoms with Crippen LogP contribution in [0.15, 0.2) is 0 Å². The van der Waals surface area contributed by atoms with Crippen molar-refractivity contribution in [3.63, 3.8) is 0 Å². The molecule has 1 atom stereocenters. The first-order valence-corrected chi connectivity index (χ1v) is 8.72. The Bertz CT molecular complexity index is 266. The second-order valence-electron chi connectivity index (χ2n) is 7.04. The number of morpholine rings is 1. The molecule has 0 aromatic carbocycles. The second-order valence-corrected chi connectivity index (χ2v) is 7.04. The SMILES string of the molecule is CCNC(C1CCCCCC1)C(C)(C)N1CCOCC1. The molecule has 3 nitrogen and oxygen atoms in total. The average Bonchev–Trinajstić information content (AvgIpc) is 2.74. The minimum absolute atomic E-state index is 0.231. The van der Waals surface area contributed by atoms with Gasteiger partial charge in [-0.05, 0) is 39.2 Å². The molecule has 2 aliphatic rings. The monoisotopic (exact) mass is 282 g/mol. The first kappa shape index (κ1) is 16.3. The van der Waals surface area contributed by atoms with Crippen LogP contribution in [0.25, 0.3) is 0 Å². The molecule has 1 aliphatic heterocycles. The number of hydrogen-bond donors (Lipinski definition) is 1. The van der Waals surface area contributed by atoms with Gasteiger partial charge in [0.15, 0.2) is 0 Å². The maximum atomic E-state index is 5.54. The Morgan fingerprint density at radius 1 is 1.10 bits per heavy atom. The van der Waals surface area contributed by atoms with Gasteiger partial charge in [-0.3, -0.25) is 4.90 Å². The summed E-state index contributed by atoms with van der Waals surface area (Å²) in [6, 6.07) is 0.615. The number of hydrogen-bond acceptors (Lipinski definition) is 3. The van der Waals surface area contributed by atoms with Crippen molar-refractivity contribution in [2.45, 2.75) is 70.9 Å². The highest BCUT2D eigenvalue weighted by atomic mass is 16.5. The molecule has 0 aromatic rings. The maximum Gasteiger partial charge on any atom is 0.0594 e. The highest BCUT2D eigenvalue weighted by molar-refractivity contribution is 4.98. The summed E-state index contributed by atoms with van der Waals surface area (Å²) in [5.41, 5.74) is 0.231. The fraction of sp³-hybridized carbons (Fsp3) is 1.00. The summed E-state index contributed by atoms with van der Waals surface area (Å²) in [5.74, 6) is 0.843. The molecule has 1 saturated heterocycles. The van der Waals surface area contributed by atoms with Gasteiger partial charge in [-0.1, -0.05) is 32.6 Å². The predicted octanol–water partition coefficient (Wildman–Crippen LogP) is 3.05. The van der Waals surface area contributed by atoms with Crippen molar-refractivity contribution < 1.29 is 4.74 Å². The highest BCUT2D eigenvalue weighted by Crippen LogP contribution is 2.33. The van der Waals surface area contributed by atoms with Gasteiger partial charge in [0.25, 0.3) is 0 Å². The third-order valence-corrected chi connectivity index (χ3v) is 5.38. The molecule has 1 unspecified atom stereocenters. The number of nitrogens with zero attached hydrogens (tertiary/aromatic N) is 1. The van der Waals surface area contributed by atoms with E-state index in [2.05, 4.69) is 31.0 Å². The number of nitrogens with one attached hydrogen (secondary N) is 1. The summed E-state index contributed by atoms with van der Waals surface area (Å²) in [6.45, 7) is 12.2. The van der Waals surface area contributed by atoms with E-state index in [0.29, 0.717) is 6.04 Å². The molecule has 0 aromatic heterocycles. The van der Waals surface area contributed by atoms with E-state index in [-0.39, 0.29) is 5.54 Å². The molecule has 20 heavy (non-hydrogen) atoms. The molecule has 1 heterocycles. The van der Waals surface area contributed by atoms with Gasteiger partial charge < -0.3 is 10.1 Å². The Hall–Kier alpha value is -0.120. The minimum Gasteiger partial charge on any atom is -0.379 e. The van der Waals surface area contributed by atoms with Crippen LogP contribution in [0.2, 0.25) is 0 Å². The zero-order valence-electron chi connectivity index (χ0n) is 13.8. The summed E-state index contributed by atoms with van der Waals surface area (Å²) in [5, 5.41) is 3.84. The fourth-order valence-corrected chi connectivity index (χ4v) is 4.19. The molecule has 1 N–H and O–H groups in total. The average molecular weight is 282 g/mol. The molecule has 0 spiro atoms. The van der Waals surface area contributed by atoms with Crippen molar-refractivity contribution in [3.8, 4) is 0 Å². The Kier molecular flexibility index (Phi) is 6.31. The van der Waals surface area contributed by atoms with Gasteiger partial charge in [-0.25, -0.2) is 0 Å². The van der Waals surface area contributed by atoms with Crippen LogP contribution in [0.1, 0.15) is 59.3 Å². The van der Waals surface area contributed by atoms with Crippen LogP contribution < -0.4 is 5.32 Å². The smallest absolute Gasteiger partial charge is 0.0594 e. The summed E-state index contributed by atoms with van der Waals surface area (Å²) in [6.07, 6.45) is 8.54. The van der Waals surface area contributed by atoms with Crippen molar-refractivity contribution in [2.75, 3.05) is 32.8 Å². The second kappa shape index (κ2) is 7.77. The quantitative estimate of drug-likeness (QED) is 0.784.